The van der Waals surface area contributed by atoms with Gasteiger partial charge >= 0.3 is 0 Å². The van der Waals surface area contributed by atoms with E-state index in [1.54, 1.807) is 0 Å². The summed E-state index contributed by atoms with van der Waals surface area (Å²) in [5.74, 6) is -1.29. The monoisotopic (exact) mass is 207 g/mol. The van der Waals surface area contributed by atoms with E-state index in [9.17, 15) is 16.8 Å². The lowest BCUT2D eigenvalue weighted by molar-refractivity contribution is 0.594. The molecule has 0 unspecified atom stereocenters. The molecule has 0 saturated carbocycles. The molecule has 5 nitrogen and oxygen atoms in total. The fourth-order valence-electron chi connectivity index (χ4n) is 0.216. The summed E-state index contributed by atoms with van der Waals surface area (Å²) >= 11 is 0. The maximum absolute atomic E-state index is 10.1. The van der Waals surface area contributed by atoms with Crippen molar-refractivity contribution in [2.45, 2.75) is 0 Å². The van der Waals surface area contributed by atoms with Gasteiger partial charge in [0.2, 0.25) is 19.1 Å². The molecule has 0 aromatic carbocycles. The van der Waals surface area contributed by atoms with Crippen LogP contribution < -0.4 is 5.14 Å². The Balaban J connectivity index is 4.05. The molecule has 0 aromatic heterocycles. The number of rotatable bonds is 3. The van der Waals surface area contributed by atoms with Crippen LogP contribution in [0.15, 0.2) is 0 Å². The minimum atomic E-state index is -3.74. The van der Waals surface area contributed by atoms with Gasteiger partial charge in [-0.3, -0.25) is 0 Å². The average Bonchev–Trinajstić information content (AvgIpc) is 1.57. The Kier molecular flexibility index (Phi) is 3.08. The molecule has 0 atom stereocenters. The normalized spacial score (nSPS) is 13.4. The summed E-state index contributed by atoms with van der Waals surface area (Å²) < 4.78 is 40.5. The second-order valence-corrected chi connectivity index (χ2v) is 6.24. The smallest absolute Gasteiger partial charge is 0.229 e. The molecule has 10 heavy (non-hydrogen) atoms. The lowest BCUT2D eigenvalue weighted by atomic mass is 11.0. The van der Waals surface area contributed by atoms with Gasteiger partial charge in [-0.2, -0.15) is 0 Å². The predicted molar refractivity (Wildman–Crippen MR) is 37.6 cm³/mol. The van der Waals surface area contributed by atoms with Crippen molar-refractivity contribution in [3.05, 3.63) is 0 Å². The number of sulfonamides is 1. The van der Waals surface area contributed by atoms with Crippen LogP contribution in [0.4, 0.5) is 0 Å². The highest BCUT2D eigenvalue weighted by molar-refractivity contribution is 8.14. The van der Waals surface area contributed by atoms with Crippen molar-refractivity contribution in [1.82, 2.24) is 0 Å². The van der Waals surface area contributed by atoms with Crippen molar-refractivity contribution in [2.24, 2.45) is 5.14 Å². The Morgan fingerprint density at radius 3 is 1.60 bits per heavy atom. The van der Waals surface area contributed by atoms with Crippen LogP contribution in [-0.2, 0) is 19.1 Å². The molecule has 0 aliphatic carbocycles. The quantitative estimate of drug-likeness (QED) is 0.591. The van der Waals surface area contributed by atoms with Crippen molar-refractivity contribution in [3.63, 3.8) is 0 Å². The molecule has 0 fully saturated rings. The highest BCUT2D eigenvalue weighted by Gasteiger charge is 2.10. The van der Waals surface area contributed by atoms with E-state index in [1.165, 1.54) is 0 Å². The molecular weight excluding hydrogens is 202 g/mol. The third kappa shape index (κ3) is 8.15. The van der Waals surface area contributed by atoms with Gasteiger partial charge in [0, 0.05) is 10.7 Å². The zero-order valence-electron chi connectivity index (χ0n) is 4.82. The number of primary sulfonamides is 1. The number of nitrogens with two attached hydrogens (primary N) is 1. The fourth-order valence-corrected chi connectivity index (χ4v) is 2.51. The maximum atomic E-state index is 10.1. The zero-order chi connectivity index (χ0) is 8.41. The molecule has 0 rings (SSSR count). The summed E-state index contributed by atoms with van der Waals surface area (Å²) in [7, 11) is -2.77. The van der Waals surface area contributed by atoms with Gasteiger partial charge < -0.3 is 0 Å². The molecule has 0 aliphatic rings. The number of hydrogen-bond acceptors (Lipinski definition) is 4. The minimum Gasteiger partial charge on any atom is -0.229 e. The summed E-state index contributed by atoms with van der Waals surface area (Å²) in [6, 6.07) is 0. The van der Waals surface area contributed by atoms with E-state index in [1.807, 2.05) is 0 Å². The molecule has 0 spiro atoms. The maximum Gasteiger partial charge on any atom is 0.233 e. The molecule has 0 saturated heterocycles. The predicted octanol–water partition coefficient (Wildman–Crippen LogP) is -1.16. The van der Waals surface area contributed by atoms with E-state index in [0.717, 1.165) is 0 Å². The van der Waals surface area contributed by atoms with Gasteiger partial charge in [0.25, 0.3) is 0 Å². The highest BCUT2D eigenvalue weighted by Crippen LogP contribution is 1.95. The van der Waals surface area contributed by atoms with E-state index < -0.39 is 30.6 Å². The van der Waals surface area contributed by atoms with Crippen molar-refractivity contribution in [2.75, 3.05) is 11.5 Å². The first-order chi connectivity index (χ1) is 4.21. The third-order valence-electron chi connectivity index (χ3n) is 0.612. The Morgan fingerprint density at radius 1 is 1.10 bits per heavy atom. The lowest BCUT2D eigenvalue weighted by Crippen LogP contribution is -2.21. The first kappa shape index (κ1) is 10.2. The first-order valence-corrected chi connectivity index (χ1v) is 6.33. The summed E-state index contributed by atoms with van der Waals surface area (Å²) in [6.45, 7) is 0. The topological polar surface area (TPSA) is 94.3 Å². The molecular formula is C2H6ClNO4S2. The van der Waals surface area contributed by atoms with Crippen molar-refractivity contribution in [1.29, 1.82) is 0 Å². The van der Waals surface area contributed by atoms with E-state index in [-0.39, 0.29) is 0 Å². The molecule has 0 radical (unpaired) electrons. The van der Waals surface area contributed by atoms with Gasteiger partial charge in [-0.15, -0.1) is 0 Å². The Labute approximate surface area is 63.6 Å². The summed E-state index contributed by atoms with van der Waals surface area (Å²) in [5, 5.41) is 4.49. The summed E-state index contributed by atoms with van der Waals surface area (Å²) in [5.41, 5.74) is 0. The van der Waals surface area contributed by atoms with Crippen LogP contribution in [0.25, 0.3) is 0 Å². The van der Waals surface area contributed by atoms with Gasteiger partial charge in [-0.25, -0.2) is 22.0 Å². The van der Waals surface area contributed by atoms with Gasteiger partial charge in [-0.05, 0) is 0 Å². The second-order valence-electron chi connectivity index (χ2n) is 1.61. The molecule has 0 amide bonds. The van der Waals surface area contributed by atoms with Gasteiger partial charge in [0.1, 0.15) is 0 Å². The van der Waals surface area contributed by atoms with E-state index >= 15 is 0 Å². The second kappa shape index (κ2) is 3.04. The van der Waals surface area contributed by atoms with Gasteiger partial charge in [0.05, 0.1) is 11.5 Å². The lowest BCUT2D eigenvalue weighted by Gasteiger charge is -1.92. The Morgan fingerprint density at radius 2 is 1.50 bits per heavy atom. The van der Waals surface area contributed by atoms with Crippen LogP contribution in [-0.4, -0.2) is 28.3 Å². The van der Waals surface area contributed by atoms with Crippen molar-refractivity contribution < 1.29 is 16.8 Å². The number of hydrogen-bond donors (Lipinski definition) is 1. The molecule has 0 heterocycles. The SMILES string of the molecule is NS(=O)(=O)CCS(=O)(=O)Cl. The van der Waals surface area contributed by atoms with Crippen LogP contribution in [0, 0.1) is 0 Å². The van der Waals surface area contributed by atoms with Crippen LogP contribution in [0.2, 0.25) is 0 Å². The molecule has 0 aromatic rings. The van der Waals surface area contributed by atoms with Gasteiger partial charge in [-0.1, -0.05) is 0 Å². The van der Waals surface area contributed by atoms with E-state index in [2.05, 4.69) is 5.14 Å². The highest BCUT2D eigenvalue weighted by atomic mass is 35.7. The van der Waals surface area contributed by atoms with Crippen LogP contribution in [0.5, 0.6) is 0 Å². The van der Waals surface area contributed by atoms with Crippen LogP contribution in [0.3, 0.4) is 0 Å². The third-order valence-corrected chi connectivity index (χ3v) is 2.80. The van der Waals surface area contributed by atoms with E-state index in [0.29, 0.717) is 0 Å². The van der Waals surface area contributed by atoms with Crippen LogP contribution >= 0.6 is 10.7 Å². The molecule has 8 heteroatoms. The van der Waals surface area contributed by atoms with Crippen LogP contribution in [0.1, 0.15) is 0 Å². The zero-order valence-corrected chi connectivity index (χ0v) is 7.21. The first-order valence-electron chi connectivity index (χ1n) is 2.13. The summed E-state index contributed by atoms with van der Waals surface area (Å²) in [4.78, 5) is 0. The minimum absolute atomic E-state index is 0.640. The van der Waals surface area contributed by atoms with Crippen molar-refractivity contribution in [3.8, 4) is 0 Å². The molecule has 2 N–H and O–H groups in total. The van der Waals surface area contributed by atoms with Crippen molar-refractivity contribution >= 4 is 29.8 Å². The van der Waals surface area contributed by atoms with E-state index in [4.69, 9.17) is 10.7 Å². The summed E-state index contributed by atoms with van der Waals surface area (Å²) in [6.07, 6.45) is 0. The largest absolute Gasteiger partial charge is 0.233 e. The molecule has 62 valence electrons. The standard InChI is InChI=1S/C2H6ClNO4S2/c3-9(5,6)1-2-10(4,7)8/h1-2H2,(H2,4,7,8). The molecule has 0 bridgehead atoms. The van der Waals surface area contributed by atoms with Gasteiger partial charge in [0.15, 0.2) is 0 Å². The number of halogens is 1. The Hall–Kier alpha value is 0.150. The average molecular weight is 208 g/mol. The molecule has 0 aliphatic heterocycles. The fraction of sp³-hybridized carbons (Fsp3) is 1.00. The Bertz CT molecular complexity index is 257.